The van der Waals surface area contributed by atoms with Gasteiger partial charge in [0.25, 0.3) is 0 Å². The highest BCUT2D eigenvalue weighted by Gasteiger charge is 2.13. The van der Waals surface area contributed by atoms with Crippen LogP contribution in [0.5, 0.6) is 0 Å². The van der Waals surface area contributed by atoms with Crippen LogP contribution in [0, 0.1) is 5.92 Å². The molecule has 0 heterocycles. The molecule has 1 aromatic rings. The molecule has 6 heteroatoms. The summed E-state index contributed by atoms with van der Waals surface area (Å²) in [5, 5.41) is 0.709. The van der Waals surface area contributed by atoms with Crippen molar-refractivity contribution in [2.24, 2.45) is 11.7 Å². The van der Waals surface area contributed by atoms with Crippen LogP contribution in [0.3, 0.4) is 0 Å². The summed E-state index contributed by atoms with van der Waals surface area (Å²) in [5.74, 6) is 1.01. The zero-order valence-corrected chi connectivity index (χ0v) is 15.1. The summed E-state index contributed by atoms with van der Waals surface area (Å²) in [5.41, 5.74) is 5.99. The van der Waals surface area contributed by atoms with Crippen LogP contribution in [-0.2, 0) is 4.79 Å². The molecule has 2 N–H and O–H groups in total. The Balaban J connectivity index is 0.00000400. The van der Waals surface area contributed by atoms with E-state index in [1.54, 1.807) is 4.90 Å². The molecule has 120 valence electrons. The van der Waals surface area contributed by atoms with Gasteiger partial charge in [0, 0.05) is 29.6 Å². The van der Waals surface area contributed by atoms with Crippen LogP contribution >= 0.6 is 35.8 Å². The van der Waals surface area contributed by atoms with Crippen LogP contribution in [0.4, 0.5) is 0 Å². The van der Waals surface area contributed by atoms with Gasteiger partial charge in [-0.15, -0.1) is 24.2 Å². The number of nitrogens with two attached hydrogens (primary N) is 1. The van der Waals surface area contributed by atoms with Gasteiger partial charge in [-0.25, -0.2) is 0 Å². The van der Waals surface area contributed by atoms with Crippen molar-refractivity contribution in [1.29, 1.82) is 0 Å². The second-order valence-electron chi connectivity index (χ2n) is 5.25. The van der Waals surface area contributed by atoms with E-state index in [-0.39, 0.29) is 24.4 Å². The molecule has 1 rings (SSSR count). The Labute approximate surface area is 143 Å². The normalized spacial score (nSPS) is 11.9. The smallest absolute Gasteiger partial charge is 0.232 e. The maximum atomic E-state index is 12.0. The number of nitrogens with zero attached hydrogens (tertiary/aromatic N) is 1. The summed E-state index contributed by atoms with van der Waals surface area (Å²) in [7, 11) is 1.83. The average molecular weight is 351 g/mol. The molecule has 0 fully saturated rings. The highest BCUT2D eigenvalue weighted by molar-refractivity contribution is 8.00. The fourth-order valence-corrected chi connectivity index (χ4v) is 2.55. The van der Waals surface area contributed by atoms with Crippen molar-refractivity contribution in [3.63, 3.8) is 0 Å². The summed E-state index contributed by atoms with van der Waals surface area (Å²) >= 11 is 7.35. The second-order valence-corrected chi connectivity index (χ2v) is 6.74. The lowest BCUT2D eigenvalue weighted by molar-refractivity contribution is -0.127. The van der Waals surface area contributed by atoms with Gasteiger partial charge in [0.1, 0.15) is 0 Å². The molecular weight excluding hydrogens is 327 g/mol. The molecule has 0 aliphatic rings. The standard InChI is InChI=1S/C15H23ClN2OS.ClH/c1-11(2)14(17)8-9-18(3)15(19)10-20-13-6-4-12(16)5-7-13;/h4-7,11,14H,8-10,17H2,1-3H3;1H. The topological polar surface area (TPSA) is 46.3 Å². The van der Waals surface area contributed by atoms with E-state index in [0.717, 1.165) is 11.3 Å². The lowest BCUT2D eigenvalue weighted by atomic mass is 10.0. The number of carbonyl (C=O) groups excluding carboxylic acids is 1. The highest BCUT2D eigenvalue weighted by atomic mass is 35.5. The Kier molecular flexibility index (Phi) is 10.1. The van der Waals surface area contributed by atoms with Crippen LogP contribution in [0.15, 0.2) is 29.2 Å². The van der Waals surface area contributed by atoms with Crippen LogP contribution in [0.25, 0.3) is 0 Å². The Bertz CT molecular complexity index is 426. The molecule has 1 amide bonds. The summed E-state index contributed by atoms with van der Waals surface area (Å²) in [6.07, 6.45) is 0.839. The van der Waals surface area contributed by atoms with Crippen LogP contribution in [0.2, 0.25) is 5.02 Å². The van der Waals surface area contributed by atoms with Gasteiger partial charge >= 0.3 is 0 Å². The molecule has 1 unspecified atom stereocenters. The lowest BCUT2D eigenvalue weighted by Gasteiger charge is -2.21. The van der Waals surface area contributed by atoms with Gasteiger partial charge in [0.15, 0.2) is 0 Å². The van der Waals surface area contributed by atoms with E-state index < -0.39 is 0 Å². The zero-order valence-electron chi connectivity index (χ0n) is 12.7. The first-order valence-electron chi connectivity index (χ1n) is 6.78. The predicted molar refractivity (Wildman–Crippen MR) is 94.5 cm³/mol. The number of hydrogen-bond acceptors (Lipinski definition) is 3. The fraction of sp³-hybridized carbons (Fsp3) is 0.533. The average Bonchev–Trinajstić information content (AvgIpc) is 2.43. The highest BCUT2D eigenvalue weighted by Crippen LogP contribution is 2.20. The van der Waals surface area contributed by atoms with Crippen LogP contribution < -0.4 is 5.73 Å². The number of amides is 1. The summed E-state index contributed by atoms with van der Waals surface area (Å²) in [6, 6.07) is 7.66. The Hall–Kier alpha value is -0.420. The number of thioether (sulfide) groups is 1. The van der Waals surface area contributed by atoms with Crippen molar-refractivity contribution < 1.29 is 4.79 Å². The molecule has 1 atom stereocenters. The number of carbonyl (C=O) groups is 1. The first-order chi connectivity index (χ1) is 9.40. The minimum absolute atomic E-state index is 0. The molecular formula is C15H24Cl2N2OS. The molecule has 0 aliphatic heterocycles. The van der Waals surface area contributed by atoms with Gasteiger partial charge in [-0.05, 0) is 36.6 Å². The molecule has 0 aliphatic carbocycles. The van der Waals surface area contributed by atoms with Crippen molar-refractivity contribution in [3.05, 3.63) is 29.3 Å². The van der Waals surface area contributed by atoms with Crippen molar-refractivity contribution in [1.82, 2.24) is 4.90 Å². The SMILES string of the molecule is CC(C)C(N)CCN(C)C(=O)CSc1ccc(Cl)cc1.Cl. The maximum Gasteiger partial charge on any atom is 0.232 e. The predicted octanol–water partition coefficient (Wildman–Crippen LogP) is 3.69. The zero-order chi connectivity index (χ0) is 15.1. The molecule has 21 heavy (non-hydrogen) atoms. The Morgan fingerprint density at radius 2 is 1.90 bits per heavy atom. The monoisotopic (exact) mass is 350 g/mol. The minimum atomic E-state index is 0. The third-order valence-corrected chi connectivity index (χ3v) is 4.50. The van der Waals surface area contributed by atoms with Gasteiger partial charge in [0.05, 0.1) is 5.75 Å². The van der Waals surface area contributed by atoms with Gasteiger partial charge in [-0.3, -0.25) is 4.79 Å². The first kappa shape index (κ1) is 20.6. The second kappa shape index (κ2) is 10.3. The molecule has 0 saturated carbocycles. The molecule has 1 aromatic carbocycles. The van der Waals surface area contributed by atoms with E-state index in [2.05, 4.69) is 13.8 Å². The summed E-state index contributed by atoms with van der Waals surface area (Å²) in [4.78, 5) is 14.8. The van der Waals surface area contributed by atoms with Crippen LogP contribution in [0.1, 0.15) is 20.3 Å². The van der Waals surface area contributed by atoms with E-state index in [0.29, 0.717) is 23.2 Å². The van der Waals surface area contributed by atoms with E-state index in [1.165, 1.54) is 11.8 Å². The van der Waals surface area contributed by atoms with Gasteiger partial charge in [-0.1, -0.05) is 25.4 Å². The van der Waals surface area contributed by atoms with Gasteiger partial charge in [-0.2, -0.15) is 0 Å². The Morgan fingerprint density at radius 1 is 1.33 bits per heavy atom. The maximum absolute atomic E-state index is 12.0. The van der Waals surface area contributed by atoms with Crippen LogP contribution in [-0.4, -0.2) is 36.2 Å². The van der Waals surface area contributed by atoms with E-state index >= 15 is 0 Å². The number of benzene rings is 1. The Morgan fingerprint density at radius 3 is 2.43 bits per heavy atom. The van der Waals surface area contributed by atoms with E-state index in [9.17, 15) is 4.79 Å². The molecule has 0 bridgehead atoms. The third kappa shape index (κ3) is 7.96. The van der Waals surface area contributed by atoms with Crippen molar-refractivity contribution in [2.75, 3.05) is 19.3 Å². The quantitative estimate of drug-likeness (QED) is 0.762. The fourth-order valence-electron chi connectivity index (χ4n) is 1.59. The van der Waals surface area contributed by atoms with Crippen molar-refractivity contribution in [3.8, 4) is 0 Å². The molecule has 3 nitrogen and oxygen atoms in total. The largest absolute Gasteiger partial charge is 0.345 e. The van der Waals surface area contributed by atoms with Gasteiger partial charge in [0.2, 0.25) is 5.91 Å². The molecule has 0 aromatic heterocycles. The number of hydrogen-bond donors (Lipinski definition) is 1. The minimum Gasteiger partial charge on any atom is -0.345 e. The molecule has 0 radical (unpaired) electrons. The number of rotatable bonds is 7. The van der Waals surface area contributed by atoms with Crippen molar-refractivity contribution in [2.45, 2.75) is 31.2 Å². The summed E-state index contributed by atoms with van der Waals surface area (Å²) in [6.45, 7) is 4.91. The van der Waals surface area contributed by atoms with Crippen molar-refractivity contribution >= 4 is 41.7 Å². The molecule has 0 saturated heterocycles. The number of halogens is 2. The molecule has 0 spiro atoms. The summed E-state index contributed by atoms with van der Waals surface area (Å²) < 4.78 is 0. The third-order valence-electron chi connectivity index (χ3n) is 3.26. The first-order valence-corrected chi connectivity index (χ1v) is 8.14. The lowest BCUT2D eigenvalue weighted by Crippen LogP contribution is -2.35. The van der Waals surface area contributed by atoms with Gasteiger partial charge < -0.3 is 10.6 Å². The van der Waals surface area contributed by atoms with E-state index in [1.807, 2.05) is 31.3 Å². The van der Waals surface area contributed by atoms with E-state index in [4.69, 9.17) is 17.3 Å².